The zero-order valence-electron chi connectivity index (χ0n) is 13.1. The van der Waals surface area contributed by atoms with Crippen molar-refractivity contribution in [1.82, 2.24) is 5.32 Å². The Balaban J connectivity index is 3.87. The number of nitrogens with one attached hydrogen (secondary N) is 1. The van der Waals surface area contributed by atoms with E-state index < -0.39 is 0 Å². The van der Waals surface area contributed by atoms with Crippen molar-refractivity contribution in [2.45, 2.75) is 67.2 Å². The van der Waals surface area contributed by atoms with Crippen molar-refractivity contribution in [3.8, 4) is 0 Å². The highest BCUT2D eigenvalue weighted by Gasteiger charge is 2.13. The van der Waals surface area contributed by atoms with Gasteiger partial charge in [0.1, 0.15) is 0 Å². The summed E-state index contributed by atoms with van der Waals surface area (Å²) in [5.74, 6) is 3.38. The lowest BCUT2D eigenvalue weighted by molar-refractivity contribution is 0.312. The predicted octanol–water partition coefficient (Wildman–Crippen LogP) is 4.72. The van der Waals surface area contributed by atoms with E-state index in [4.69, 9.17) is 0 Å². The fourth-order valence-electron chi connectivity index (χ4n) is 2.76. The van der Waals surface area contributed by atoms with Crippen molar-refractivity contribution < 1.29 is 0 Å². The molecule has 1 heteroatoms. The second-order valence-electron chi connectivity index (χ2n) is 6.68. The van der Waals surface area contributed by atoms with Gasteiger partial charge in [0.05, 0.1) is 0 Å². The van der Waals surface area contributed by atoms with Gasteiger partial charge >= 0.3 is 0 Å². The molecule has 0 amide bonds. The molecule has 0 aliphatic heterocycles. The van der Waals surface area contributed by atoms with E-state index in [0.29, 0.717) is 0 Å². The normalized spacial score (nSPS) is 15.5. The van der Waals surface area contributed by atoms with Crippen LogP contribution in [0.5, 0.6) is 0 Å². The maximum atomic E-state index is 3.63. The summed E-state index contributed by atoms with van der Waals surface area (Å²) in [7, 11) is 0. The van der Waals surface area contributed by atoms with E-state index >= 15 is 0 Å². The minimum absolute atomic E-state index is 0.769. The van der Waals surface area contributed by atoms with Crippen LogP contribution in [0.25, 0.3) is 0 Å². The number of hydrogen-bond acceptors (Lipinski definition) is 1. The third-order valence-corrected chi connectivity index (χ3v) is 3.29. The zero-order chi connectivity index (χ0) is 13.3. The quantitative estimate of drug-likeness (QED) is 0.583. The first-order valence-corrected chi connectivity index (χ1v) is 7.66. The first kappa shape index (κ1) is 17.0. The maximum Gasteiger partial charge on any atom is -0.00203 e. The molecule has 17 heavy (non-hydrogen) atoms. The van der Waals surface area contributed by atoms with Crippen LogP contribution in [0.4, 0.5) is 0 Å². The highest BCUT2D eigenvalue weighted by Crippen LogP contribution is 2.22. The lowest BCUT2D eigenvalue weighted by atomic mass is 9.87. The highest BCUT2D eigenvalue weighted by atomic mass is 14.9. The molecule has 0 aromatic carbocycles. The maximum absolute atomic E-state index is 3.63. The van der Waals surface area contributed by atoms with Gasteiger partial charge in [0.2, 0.25) is 0 Å². The van der Waals surface area contributed by atoms with Crippen LogP contribution < -0.4 is 5.32 Å². The van der Waals surface area contributed by atoms with Gasteiger partial charge < -0.3 is 5.32 Å². The molecule has 2 atom stereocenters. The molecule has 0 spiro atoms. The summed E-state index contributed by atoms with van der Waals surface area (Å²) in [6, 6.07) is 0. The van der Waals surface area contributed by atoms with Crippen molar-refractivity contribution >= 4 is 0 Å². The molecule has 0 radical (unpaired) electrons. The van der Waals surface area contributed by atoms with E-state index in [1.54, 1.807) is 0 Å². The van der Waals surface area contributed by atoms with Crippen LogP contribution in [0.15, 0.2) is 0 Å². The Hall–Kier alpha value is -0.0400. The Morgan fingerprint density at radius 1 is 0.824 bits per heavy atom. The number of hydrogen-bond donors (Lipinski definition) is 1. The molecule has 1 N–H and O–H groups in total. The fraction of sp³-hybridized carbons (Fsp3) is 1.00. The minimum atomic E-state index is 0.769. The summed E-state index contributed by atoms with van der Waals surface area (Å²) in [6.07, 6.45) is 5.48. The van der Waals surface area contributed by atoms with E-state index in [2.05, 4.69) is 46.9 Å². The van der Waals surface area contributed by atoms with Crippen LogP contribution in [0.3, 0.4) is 0 Å². The van der Waals surface area contributed by atoms with Crippen molar-refractivity contribution in [3.05, 3.63) is 0 Å². The van der Waals surface area contributed by atoms with Crippen LogP contribution in [-0.2, 0) is 0 Å². The molecule has 0 heterocycles. The lowest BCUT2D eigenvalue weighted by Gasteiger charge is -2.22. The molecular weight excluding hydrogens is 206 g/mol. The van der Waals surface area contributed by atoms with Gasteiger partial charge in [0, 0.05) is 0 Å². The molecule has 0 fully saturated rings. The van der Waals surface area contributed by atoms with Crippen molar-refractivity contribution in [2.24, 2.45) is 23.7 Å². The van der Waals surface area contributed by atoms with Gasteiger partial charge in [-0.1, -0.05) is 48.0 Å². The molecule has 1 nitrogen and oxygen atoms in total. The topological polar surface area (TPSA) is 12.0 Å². The van der Waals surface area contributed by atoms with Crippen LogP contribution in [-0.4, -0.2) is 13.1 Å². The molecule has 0 saturated heterocycles. The van der Waals surface area contributed by atoms with Crippen LogP contribution in [0.1, 0.15) is 67.2 Å². The third-order valence-electron chi connectivity index (χ3n) is 3.29. The molecule has 0 bridgehead atoms. The Kier molecular flexibility index (Phi) is 9.91. The summed E-state index contributed by atoms with van der Waals surface area (Å²) in [6.45, 7) is 16.3. The van der Waals surface area contributed by atoms with Crippen molar-refractivity contribution in [1.29, 1.82) is 0 Å². The first-order chi connectivity index (χ1) is 7.95. The fourth-order valence-corrected chi connectivity index (χ4v) is 2.76. The molecule has 0 aliphatic carbocycles. The molecule has 0 aromatic heterocycles. The monoisotopic (exact) mass is 241 g/mol. The van der Waals surface area contributed by atoms with E-state index in [-0.39, 0.29) is 0 Å². The second-order valence-corrected chi connectivity index (χ2v) is 6.68. The zero-order valence-corrected chi connectivity index (χ0v) is 13.1. The average molecular weight is 241 g/mol. The summed E-state index contributed by atoms with van der Waals surface area (Å²) in [5, 5.41) is 3.63. The van der Waals surface area contributed by atoms with Crippen LogP contribution in [0.2, 0.25) is 0 Å². The SMILES string of the molecule is CCCC(CNCC(C)C)CC(C)CC(C)C. The third kappa shape index (κ3) is 10.8. The molecule has 2 unspecified atom stereocenters. The van der Waals surface area contributed by atoms with Crippen molar-refractivity contribution in [2.75, 3.05) is 13.1 Å². The molecule has 104 valence electrons. The van der Waals surface area contributed by atoms with E-state index in [1.807, 2.05) is 0 Å². The molecular formula is C16H35N. The van der Waals surface area contributed by atoms with Crippen LogP contribution >= 0.6 is 0 Å². The van der Waals surface area contributed by atoms with Gasteiger partial charge in [0.15, 0.2) is 0 Å². The van der Waals surface area contributed by atoms with Gasteiger partial charge in [-0.2, -0.15) is 0 Å². The summed E-state index contributed by atoms with van der Waals surface area (Å²) >= 11 is 0. The summed E-state index contributed by atoms with van der Waals surface area (Å²) in [4.78, 5) is 0. The van der Waals surface area contributed by atoms with E-state index in [0.717, 1.165) is 23.7 Å². The Labute approximate surface area is 110 Å². The highest BCUT2D eigenvalue weighted by molar-refractivity contribution is 4.67. The molecule has 0 rings (SSSR count). The van der Waals surface area contributed by atoms with Gasteiger partial charge in [-0.25, -0.2) is 0 Å². The Bertz CT molecular complexity index is 163. The molecule has 0 aromatic rings. The largest absolute Gasteiger partial charge is 0.316 e. The van der Waals surface area contributed by atoms with Gasteiger partial charge in [-0.3, -0.25) is 0 Å². The van der Waals surface area contributed by atoms with Crippen molar-refractivity contribution in [3.63, 3.8) is 0 Å². The predicted molar refractivity (Wildman–Crippen MR) is 79.3 cm³/mol. The van der Waals surface area contributed by atoms with Gasteiger partial charge in [0.25, 0.3) is 0 Å². The van der Waals surface area contributed by atoms with E-state index in [9.17, 15) is 0 Å². The molecule has 0 aliphatic rings. The molecule has 0 saturated carbocycles. The lowest BCUT2D eigenvalue weighted by Crippen LogP contribution is -2.27. The standard InChI is InChI=1S/C16H35N/c1-7-8-16(12-17-11-14(4)5)10-15(6)9-13(2)3/h13-17H,7-12H2,1-6H3. The smallest absolute Gasteiger partial charge is 0.00203 e. The van der Waals surface area contributed by atoms with E-state index in [1.165, 1.54) is 38.8 Å². The van der Waals surface area contributed by atoms with Gasteiger partial charge in [-0.05, 0) is 56.0 Å². The second kappa shape index (κ2) is 9.94. The average Bonchev–Trinajstić information content (AvgIpc) is 2.15. The Morgan fingerprint density at radius 2 is 1.47 bits per heavy atom. The first-order valence-electron chi connectivity index (χ1n) is 7.66. The summed E-state index contributed by atoms with van der Waals surface area (Å²) < 4.78 is 0. The van der Waals surface area contributed by atoms with Gasteiger partial charge in [-0.15, -0.1) is 0 Å². The summed E-state index contributed by atoms with van der Waals surface area (Å²) in [5.41, 5.74) is 0. The minimum Gasteiger partial charge on any atom is -0.316 e. The number of rotatable bonds is 10. The van der Waals surface area contributed by atoms with Crippen LogP contribution in [0, 0.1) is 23.7 Å². The Morgan fingerprint density at radius 3 is 1.94 bits per heavy atom.